The van der Waals surface area contributed by atoms with E-state index in [1.807, 2.05) is 0 Å². The van der Waals surface area contributed by atoms with Crippen molar-refractivity contribution in [3.63, 3.8) is 0 Å². The highest BCUT2D eigenvalue weighted by molar-refractivity contribution is 6.33. The van der Waals surface area contributed by atoms with Crippen molar-refractivity contribution in [1.82, 2.24) is 0 Å². The molecule has 0 saturated carbocycles. The molecule has 0 bridgehead atoms. The highest BCUT2D eigenvalue weighted by Crippen LogP contribution is 2.17. The molecule has 8 nitrogen and oxygen atoms in total. The maximum absolute atomic E-state index is 10.5. The van der Waals surface area contributed by atoms with E-state index in [2.05, 4.69) is 0 Å². The maximum atomic E-state index is 10.5. The lowest BCUT2D eigenvalue weighted by atomic mass is 10.1. The summed E-state index contributed by atoms with van der Waals surface area (Å²) < 4.78 is 0. The van der Waals surface area contributed by atoms with E-state index >= 15 is 0 Å². The fourth-order valence-electron chi connectivity index (χ4n) is 1.61. The molecule has 0 heterocycles. The summed E-state index contributed by atoms with van der Waals surface area (Å²) in [6.45, 7) is 0. The van der Waals surface area contributed by atoms with Gasteiger partial charge in [0, 0.05) is 0 Å². The number of hydrogen-bond donors (Lipinski definition) is 4. The maximum Gasteiger partial charge on any atom is 0.337 e. The number of aromatic carboxylic acids is 4. The van der Waals surface area contributed by atoms with Crippen molar-refractivity contribution in [3.8, 4) is 0 Å². The van der Waals surface area contributed by atoms with E-state index < -0.39 is 23.9 Å². The van der Waals surface area contributed by atoms with Crippen LogP contribution in [0.3, 0.4) is 0 Å². The molecule has 2 aromatic rings. The first-order valence-electron chi connectivity index (χ1n) is 6.46. The van der Waals surface area contributed by atoms with Gasteiger partial charge in [0.05, 0.1) is 27.3 Å². The van der Waals surface area contributed by atoms with E-state index in [4.69, 9.17) is 32.0 Å². The predicted molar refractivity (Wildman–Crippen MR) is 85.7 cm³/mol. The van der Waals surface area contributed by atoms with Crippen LogP contribution in [-0.2, 0) is 0 Å². The molecule has 0 aliphatic heterocycles. The van der Waals surface area contributed by atoms with Gasteiger partial charge in [0.25, 0.3) is 0 Å². The molecule has 4 N–H and O–H groups in total. The van der Waals surface area contributed by atoms with Crippen molar-refractivity contribution in [2.75, 3.05) is 0 Å². The van der Waals surface area contributed by atoms with Crippen molar-refractivity contribution in [1.29, 1.82) is 0 Å². The van der Waals surface area contributed by atoms with Gasteiger partial charge in [-0.2, -0.15) is 0 Å². The summed E-state index contributed by atoms with van der Waals surface area (Å²) in [5.41, 5.74) is -0.175. The summed E-state index contributed by atoms with van der Waals surface area (Å²) in [5, 5.41) is 34.0. The van der Waals surface area contributed by atoms with Gasteiger partial charge in [0.1, 0.15) is 0 Å². The minimum atomic E-state index is -1.18. The first-order valence-corrected chi connectivity index (χ1v) is 6.84. The van der Waals surface area contributed by atoms with E-state index in [0.717, 1.165) is 18.2 Å². The number of hydrogen-bond acceptors (Lipinski definition) is 4. The normalized spacial score (nSPS) is 9.48. The zero-order chi connectivity index (χ0) is 19.1. The summed E-state index contributed by atoms with van der Waals surface area (Å²) in [6.07, 6.45) is 0. The molecule has 2 rings (SSSR count). The molecule has 0 aliphatic rings. The van der Waals surface area contributed by atoms with Crippen molar-refractivity contribution >= 4 is 35.5 Å². The van der Waals surface area contributed by atoms with Crippen molar-refractivity contribution < 1.29 is 39.6 Å². The molecule has 0 saturated heterocycles. The zero-order valence-electron chi connectivity index (χ0n) is 12.3. The summed E-state index contributed by atoms with van der Waals surface area (Å²) in [4.78, 5) is 41.7. The average molecular weight is 367 g/mol. The number of carboxylic acid groups (broad SMARTS) is 4. The van der Waals surface area contributed by atoms with E-state index in [1.165, 1.54) is 24.3 Å². The predicted octanol–water partition coefficient (Wildman–Crippen LogP) is 2.82. The summed E-state index contributed by atoms with van der Waals surface area (Å²) in [5.74, 6) is -4.57. The van der Waals surface area contributed by atoms with Gasteiger partial charge >= 0.3 is 23.9 Å². The third-order valence-electron chi connectivity index (χ3n) is 2.80. The molecule has 130 valence electrons. The van der Waals surface area contributed by atoms with Gasteiger partial charge in [-0.1, -0.05) is 17.7 Å². The van der Waals surface area contributed by atoms with Gasteiger partial charge < -0.3 is 20.4 Å². The SMILES string of the molecule is O=C(O)c1ccc(C(=O)O)c(Cl)c1.O=C(O)c1cccc(C(=O)O)c1. The molecular weight excluding hydrogens is 356 g/mol. The van der Waals surface area contributed by atoms with Crippen LogP contribution in [0.2, 0.25) is 5.02 Å². The molecule has 0 aliphatic carbocycles. The second kappa shape index (κ2) is 8.46. The van der Waals surface area contributed by atoms with E-state index in [0.29, 0.717) is 0 Å². The molecule has 0 fully saturated rings. The van der Waals surface area contributed by atoms with Crippen LogP contribution in [0.25, 0.3) is 0 Å². The first kappa shape index (κ1) is 19.7. The minimum Gasteiger partial charge on any atom is -0.478 e. The Morgan fingerprint density at radius 3 is 1.44 bits per heavy atom. The molecular formula is C16H11ClO8. The third kappa shape index (κ3) is 5.63. The Hall–Kier alpha value is -3.39. The topological polar surface area (TPSA) is 149 Å². The standard InChI is InChI=1S/C8H5ClO4.C8H6O4/c9-6-3-4(7(10)11)1-2-5(6)8(12)13;9-7(10)5-2-1-3-6(4-5)8(11)12/h1-3H,(H,10,11)(H,12,13);1-4H,(H,9,10)(H,11,12). The van der Waals surface area contributed by atoms with Gasteiger partial charge in [0.2, 0.25) is 0 Å². The van der Waals surface area contributed by atoms with Gasteiger partial charge in [-0.3, -0.25) is 0 Å². The number of benzene rings is 2. The molecule has 0 aromatic heterocycles. The number of carboxylic acids is 4. The van der Waals surface area contributed by atoms with Crippen LogP contribution >= 0.6 is 11.6 Å². The van der Waals surface area contributed by atoms with Gasteiger partial charge in [-0.05, 0) is 36.4 Å². The van der Waals surface area contributed by atoms with E-state index in [1.54, 1.807) is 0 Å². The van der Waals surface area contributed by atoms with Crippen LogP contribution in [0.1, 0.15) is 41.4 Å². The molecule has 0 radical (unpaired) electrons. The Bertz CT molecular complexity index is 815. The highest BCUT2D eigenvalue weighted by Gasteiger charge is 2.11. The fourth-order valence-corrected chi connectivity index (χ4v) is 1.87. The lowest BCUT2D eigenvalue weighted by Gasteiger charge is -1.99. The number of carbonyl (C=O) groups is 4. The Morgan fingerprint density at radius 2 is 1.08 bits per heavy atom. The molecule has 25 heavy (non-hydrogen) atoms. The van der Waals surface area contributed by atoms with Crippen LogP contribution in [0, 0.1) is 0 Å². The molecule has 0 amide bonds. The fraction of sp³-hybridized carbons (Fsp3) is 0. The van der Waals surface area contributed by atoms with Gasteiger partial charge in [-0.25, -0.2) is 19.2 Å². The molecule has 9 heteroatoms. The zero-order valence-corrected chi connectivity index (χ0v) is 13.1. The van der Waals surface area contributed by atoms with Crippen LogP contribution in [0.15, 0.2) is 42.5 Å². The highest BCUT2D eigenvalue weighted by atomic mass is 35.5. The van der Waals surface area contributed by atoms with Crippen molar-refractivity contribution in [2.24, 2.45) is 0 Å². The summed E-state index contributed by atoms with van der Waals surface area (Å²) in [7, 11) is 0. The Labute approximate surface area is 145 Å². The van der Waals surface area contributed by atoms with Crippen LogP contribution in [-0.4, -0.2) is 44.3 Å². The molecule has 2 aromatic carbocycles. The largest absolute Gasteiger partial charge is 0.478 e. The average Bonchev–Trinajstić information content (AvgIpc) is 2.55. The molecule has 0 atom stereocenters. The van der Waals surface area contributed by atoms with Crippen molar-refractivity contribution in [2.45, 2.75) is 0 Å². The Morgan fingerprint density at radius 1 is 0.640 bits per heavy atom. The molecule has 0 unspecified atom stereocenters. The quantitative estimate of drug-likeness (QED) is 0.645. The third-order valence-corrected chi connectivity index (χ3v) is 3.12. The Kier molecular flexibility index (Phi) is 6.65. The lowest BCUT2D eigenvalue weighted by Crippen LogP contribution is -2.01. The first-order chi connectivity index (χ1) is 11.6. The van der Waals surface area contributed by atoms with Gasteiger partial charge in [0.15, 0.2) is 0 Å². The lowest BCUT2D eigenvalue weighted by molar-refractivity contribution is 0.0681. The van der Waals surface area contributed by atoms with Gasteiger partial charge in [-0.15, -0.1) is 0 Å². The minimum absolute atomic E-state index is 0.0186. The van der Waals surface area contributed by atoms with Crippen LogP contribution < -0.4 is 0 Å². The van der Waals surface area contributed by atoms with E-state index in [-0.39, 0.29) is 27.3 Å². The Balaban J connectivity index is 0.000000251. The van der Waals surface area contributed by atoms with Crippen LogP contribution in [0.5, 0.6) is 0 Å². The second-order valence-corrected chi connectivity index (χ2v) is 4.90. The number of rotatable bonds is 4. The van der Waals surface area contributed by atoms with Crippen LogP contribution in [0.4, 0.5) is 0 Å². The summed E-state index contributed by atoms with van der Waals surface area (Å²) >= 11 is 5.52. The smallest absolute Gasteiger partial charge is 0.337 e. The second-order valence-electron chi connectivity index (χ2n) is 4.50. The monoisotopic (exact) mass is 366 g/mol. The molecule has 0 spiro atoms. The number of halogens is 1. The summed E-state index contributed by atoms with van der Waals surface area (Å²) in [6, 6.07) is 8.65. The van der Waals surface area contributed by atoms with E-state index in [9.17, 15) is 19.2 Å². The van der Waals surface area contributed by atoms with Crippen molar-refractivity contribution in [3.05, 3.63) is 69.7 Å².